The lowest BCUT2D eigenvalue weighted by Gasteiger charge is -2.43. The Labute approximate surface area is 135 Å². The summed E-state index contributed by atoms with van der Waals surface area (Å²) in [5, 5.41) is 2.61. The van der Waals surface area contributed by atoms with Crippen LogP contribution < -0.4 is 0 Å². The topological polar surface area (TPSA) is 70.6 Å². The second-order valence-electron chi connectivity index (χ2n) is 6.00. The molecule has 0 aliphatic carbocycles. The van der Waals surface area contributed by atoms with Crippen LogP contribution in [0.4, 0.5) is 0 Å². The molecule has 0 radical (unpaired) electrons. The number of rotatable bonds is 3. The summed E-state index contributed by atoms with van der Waals surface area (Å²) in [6.07, 6.45) is 0.989. The maximum atomic E-state index is 12.7. The highest BCUT2D eigenvalue weighted by Crippen LogP contribution is 2.28. The molecule has 1 aromatic heterocycles. The molecule has 22 heavy (non-hydrogen) atoms. The van der Waals surface area contributed by atoms with E-state index in [-0.39, 0.29) is 29.5 Å². The molecule has 0 spiro atoms. The van der Waals surface area contributed by atoms with Crippen molar-refractivity contribution in [2.24, 2.45) is 0 Å². The van der Waals surface area contributed by atoms with Crippen molar-refractivity contribution >= 4 is 27.1 Å². The molecule has 3 rings (SSSR count). The van der Waals surface area contributed by atoms with Crippen molar-refractivity contribution in [2.45, 2.75) is 32.4 Å². The number of aryl methyl sites for hydroxylation is 1. The molecule has 2 aliphatic heterocycles. The lowest BCUT2D eigenvalue weighted by atomic mass is 10.0. The lowest BCUT2D eigenvalue weighted by molar-refractivity contribution is 0.0329. The van der Waals surface area contributed by atoms with Crippen LogP contribution in [-0.2, 0) is 9.84 Å². The molecular formula is C14H21N3O3S2. The largest absolute Gasteiger partial charge is 0.330 e. The molecule has 0 unspecified atom stereocenters. The van der Waals surface area contributed by atoms with Crippen LogP contribution in [0, 0.1) is 6.92 Å². The number of carbonyl (C=O) groups excluding carboxylic acids is 1. The molecule has 1 amide bonds. The second kappa shape index (κ2) is 5.90. The average Bonchev–Trinajstić information content (AvgIpc) is 3.01. The third kappa shape index (κ3) is 2.91. The Morgan fingerprint density at radius 1 is 1.36 bits per heavy atom. The van der Waals surface area contributed by atoms with Gasteiger partial charge in [-0.15, -0.1) is 11.3 Å². The Morgan fingerprint density at radius 2 is 2.09 bits per heavy atom. The molecule has 122 valence electrons. The number of hydrogen-bond donors (Lipinski definition) is 0. The van der Waals surface area contributed by atoms with E-state index in [1.807, 2.05) is 6.92 Å². The zero-order valence-electron chi connectivity index (χ0n) is 12.9. The van der Waals surface area contributed by atoms with E-state index in [0.717, 1.165) is 24.5 Å². The van der Waals surface area contributed by atoms with Gasteiger partial charge in [-0.1, -0.05) is 6.92 Å². The van der Waals surface area contributed by atoms with Crippen LogP contribution in [0.15, 0.2) is 5.38 Å². The van der Waals surface area contributed by atoms with E-state index in [1.54, 1.807) is 10.3 Å². The number of piperazine rings is 1. The van der Waals surface area contributed by atoms with Crippen LogP contribution in [0.5, 0.6) is 0 Å². The Morgan fingerprint density at radius 3 is 2.73 bits per heavy atom. The van der Waals surface area contributed by atoms with Crippen molar-refractivity contribution in [3.63, 3.8) is 0 Å². The number of carbonyl (C=O) groups is 1. The van der Waals surface area contributed by atoms with Crippen LogP contribution in [0.3, 0.4) is 0 Å². The summed E-state index contributed by atoms with van der Waals surface area (Å²) in [6.45, 7) is 6.15. The number of nitrogens with zero attached hydrogens (tertiary/aromatic N) is 3. The van der Waals surface area contributed by atoms with Gasteiger partial charge in [0.2, 0.25) is 0 Å². The predicted molar refractivity (Wildman–Crippen MR) is 86.0 cm³/mol. The van der Waals surface area contributed by atoms with Crippen molar-refractivity contribution in [3.05, 3.63) is 16.1 Å². The molecule has 3 heterocycles. The Balaban J connectivity index is 1.86. The molecule has 0 bridgehead atoms. The van der Waals surface area contributed by atoms with E-state index < -0.39 is 9.84 Å². The van der Waals surface area contributed by atoms with Crippen LogP contribution in [-0.4, -0.2) is 72.3 Å². The quantitative estimate of drug-likeness (QED) is 0.811. The van der Waals surface area contributed by atoms with Gasteiger partial charge in [0.25, 0.3) is 5.91 Å². The number of thiazole rings is 1. The molecule has 8 heteroatoms. The molecule has 6 nitrogen and oxygen atoms in total. The Bertz CT molecular complexity index is 671. The van der Waals surface area contributed by atoms with Crippen molar-refractivity contribution < 1.29 is 13.2 Å². The van der Waals surface area contributed by atoms with E-state index in [4.69, 9.17) is 0 Å². The zero-order chi connectivity index (χ0) is 15.9. The molecule has 2 atom stereocenters. The predicted octanol–water partition coefficient (Wildman–Crippen LogP) is 0.785. The summed E-state index contributed by atoms with van der Waals surface area (Å²) < 4.78 is 24.2. The molecule has 1 aromatic rings. The fourth-order valence-corrected chi connectivity index (χ4v) is 6.05. The fraction of sp³-hybridized carbons (Fsp3) is 0.714. The molecule has 2 fully saturated rings. The number of fused-ring (bicyclic) bond motifs is 1. The minimum Gasteiger partial charge on any atom is -0.330 e. The fourth-order valence-electron chi connectivity index (χ4n) is 3.45. The van der Waals surface area contributed by atoms with Gasteiger partial charge in [-0.25, -0.2) is 13.4 Å². The van der Waals surface area contributed by atoms with Crippen LogP contribution in [0.25, 0.3) is 0 Å². The molecule has 0 N–H and O–H groups in total. The summed E-state index contributed by atoms with van der Waals surface area (Å²) in [4.78, 5) is 20.9. The highest BCUT2D eigenvalue weighted by molar-refractivity contribution is 7.91. The number of aromatic nitrogens is 1. The van der Waals surface area contributed by atoms with Gasteiger partial charge in [0.1, 0.15) is 5.69 Å². The molecule has 0 saturated carbocycles. The average molecular weight is 343 g/mol. The summed E-state index contributed by atoms with van der Waals surface area (Å²) >= 11 is 1.44. The monoisotopic (exact) mass is 343 g/mol. The first kappa shape index (κ1) is 15.9. The lowest BCUT2D eigenvalue weighted by Crippen LogP contribution is -2.60. The van der Waals surface area contributed by atoms with Gasteiger partial charge >= 0.3 is 0 Å². The van der Waals surface area contributed by atoms with Crippen LogP contribution in [0.1, 0.15) is 28.8 Å². The SMILES string of the molecule is CCCN1CCN(C(=O)c2csc(C)n2)[C@H]2CS(=O)(=O)C[C@H]21. The summed E-state index contributed by atoms with van der Waals surface area (Å²) in [7, 11) is -3.08. The molecule has 2 aliphatic rings. The van der Waals surface area contributed by atoms with Crippen molar-refractivity contribution in [3.8, 4) is 0 Å². The standard InChI is InChI=1S/C14H21N3O3S2/c1-3-4-16-5-6-17(13-9-22(19,20)8-12(13)16)14(18)11-7-21-10(2)15-11/h7,12-13H,3-6,8-9H2,1-2H3/t12-,13+/m1/s1. The van der Waals surface area contributed by atoms with Gasteiger partial charge in [0.05, 0.1) is 22.6 Å². The minimum atomic E-state index is -3.08. The van der Waals surface area contributed by atoms with Crippen molar-refractivity contribution in [2.75, 3.05) is 31.1 Å². The minimum absolute atomic E-state index is 0.0672. The second-order valence-corrected chi connectivity index (χ2v) is 9.21. The third-order valence-corrected chi connectivity index (χ3v) is 6.87. The van der Waals surface area contributed by atoms with E-state index in [9.17, 15) is 13.2 Å². The van der Waals surface area contributed by atoms with Crippen LogP contribution >= 0.6 is 11.3 Å². The zero-order valence-corrected chi connectivity index (χ0v) is 14.5. The van der Waals surface area contributed by atoms with Gasteiger partial charge < -0.3 is 4.90 Å². The third-order valence-electron chi connectivity index (χ3n) is 4.40. The molecule has 0 aromatic carbocycles. The first-order valence-corrected chi connectivity index (χ1v) is 10.3. The molecule has 2 saturated heterocycles. The molecular weight excluding hydrogens is 322 g/mol. The van der Waals surface area contributed by atoms with Gasteiger partial charge in [-0.2, -0.15) is 0 Å². The Hall–Kier alpha value is -0.990. The van der Waals surface area contributed by atoms with Gasteiger partial charge in [-0.3, -0.25) is 9.69 Å². The van der Waals surface area contributed by atoms with Crippen LogP contribution in [0.2, 0.25) is 0 Å². The van der Waals surface area contributed by atoms with E-state index in [2.05, 4.69) is 16.8 Å². The Kier molecular flexibility index (Phi) is 4.26. The summed E-state index contributed by atoms with van der Waals surface area (Å²) in [5.74, 6) is 0.109. The van der Waals surface area contributed by atoms with E-state index in [1.165, 1.54) is 11.3 Å². The van der Waals surface area contributed by atoms with Crippen molar-refractivity contribution in [1.29, 1.82) is 0 Å². The van der Waals surface area contributed by atoms with E-state index >= 15 is 0 Å². The first-order valence-electron chi connectivity index (χ1n) is 7.59. The summed E-state index contributed by atoms with van der Waals surface area (Å²) in [6, 6.07) is -0.304. The van der Waals surface area contributed by atoms with Gasteiger partial charge in [0, 0.05) is 24.5 Å². The van der Waals surface area contributed by atoms with Crippen molar-refractivity contribution in [1.82, 2.24) is 14.8 Å². The smallest absolute Gasteiger partial charge is 0.273 e. The normalized spacial score (nSPS) is 27.8. The highest BCUT2D eigenvalue weighted by Gasteiger charge is 2.48. The van der Waals surface area contributed by atoms with Gasteiger partial charge in [0.15, 0.2) is 9.84 Å². The van der Waals surface area contributed by atoms with E-state index in [0.29, 0.717) is 12.2 Å². The number of sulfone groups is 1. The summed E-state index contributed by atoms with van der Waals surface area (Å²) in [5.41, 5.74) is 0.439. The maximum absolute atomic E-state index is 12.7. The van der Waals surface area contributed by atoms with Gasteiger partial charge in [-0.05, 0) is 19.9 Å². The first-order chi connectivity index (χ1) is 10.4. The highest BCUT2D eigenvalue weighted by atomic mass is 32.2. The number of hydrogen-bond acceptors (Lipinski definition) is 6. The maximum Gasteiger partial charge on any atom is 0.273 e. The number of amides is 1.